The van der Waals surface area contributed by atoms with Gasteiger partial charge in [-0.25, -0.2) is 0 Å². The van der Waals surface area contributed by atoms with E-state index in [1.54, 1.807) is 18.9 Å². The number of amides is 1. The summed E-state index contributed by atoms with van der Waals surface area (Å²) in [5.74, 6) is 0.846. The molecule has 31 heavy (non-hydrogen) atoms. The van der Waals surface area contributed by atoms with Gasteiger partial charge in [0, 0.05) is 24.6 Å². The third-order valence-corrected chi connectivity index (χ3v) is 6.83. The van der Waals surface area contributed by atoms with Crippen molar-refractivity contribution in [2.75, 3.05) is 45.8 Å². The number of benzene rings is 2. The average molecular weight is 443 g/mol. The van der Waals surface area contributed by atoms with E-state index < -0.39 is 6.10 Å². The minimum absolute atomic E-state index is 0.0385. The highest BCUT2D eigenvalue weighted by Gasteiger charge is 2.39. The minimum atomic E-state index is -0.537. The number of rotatable bonds is 10. The van der Waals surface area contributed by atoms with E-state index >= 15 is 0 Å². The van der Waals surface area contributed by atoms with Crippen molar-refractivity contribution in [3.05, 3.63) is 54.1 Å². The fourth-order valence-corrected chi connectivity index (χ4v) is 5.01. The topological polar surface area (TPSA) is 42.0 Å². The van der Waals surface area contributed by atoms with E-state index in [9.17, 15) is 4.79 Å². The van der Waals surface area contributed by atoms with Crippen LogP contribution in [0.15, 0.2) is 53.4 Å². The molecule has 0 fully saturated rings. The minimum Gasteiger partial charge on any atom is -0.497 e. The molecule has 6 heteroatoms. The van der Waals surface area contributed by atoms with Gasteiger partial charge in [-0.2, -0.15) is 0 Å². The predicted molar refractivity (Wildman–Crippen MR) is 128 cm³/mol. The summed E-state index contributed by atoms with van der Waals surface area (Å²) in [6, 6.07) is 16.2. The number of carbonyl (C=O) groups is 1. The third-order valence-electron chi connectivity index (χ3n) is 5.45. The first-order valence-electron chi connectivity index (χ1n) is 11.0. The number of likely N-dealkylation sites (N-methyl/N-ethyl adjacent to an activating group) is 1. The molecule has 168 valence electrons. The Morgan fingerprint density at radius 2 is 1.81 bits per heavy atom. The maximum atomic E-state index is 13.8. The van der Waals surface area contributed by atoms with Gasteiger partial charge in [-0.3, -0.25) is 4.79 Å². The molecule has 0 radical (unpaired) electrons. The Morgan fingerprint density at radius 3 is 2.48 bits per heavy atom. The second kappa shape index (κ2) is 11.6. The molecule has 2 aromatic carbocycles. The summed E-state index contributed by atoms with van der Waals surface area (Å²) in [5, 5.41) is -0.120. The van der Waals surface area contributed by atoms with E-state index in [1.165, 1.54) is 0 Å². The first-order chi connectivity index (χ1) is 15.0. The lowest BCUT2D eigenvalue weighted by Gasteiger charge is -2.29. The van der Waals surface area contributed by atoms with Crippen LogP contribution in [0.1, 0.15) is 37.0 Å². The van der Waals surface area contributed by atoms with Crippen molar-refractivity contribution in [1.82, 2.24) is 4.90 Å². The van der Waals surface area contributed by atoms with Crippen LogP contribution in [0, 0.1) is 0 Å². The number of thioether (sulfide) groups is 1. The Morgan fingerprint density at radius 1 is 1.06 bits per heavy atom. The lowest BCUT2D eigenvalue weighted by atomic mass is 10.1. The standard InChI is InChI=1S/C25H34N2O3S/c1-5-6-9-18-30-23-24(19-12-14-20(29-4)15-13-19)31-22-11-8-7-10-21(22)27(25(23)28)17-16-26(2)3/h7-8,10-15,23-24H,5-6,9,16-18H2,1-4H3/t23-,24+/m1/s1. The smallest absolute Gasteiger partial charge is 0.257 e. The zero-order valence-corrected chi connectivity index (χ0v) is 19.9. The van der Waals surface area contributed by atoms with Gasteiger partial charge in [0.15, 0.2) is 6.10 Å². The Bertz CT molecular complexity index is 841. The average Bonchev–Trinajstić information content (AvgIpc) is 2.89. The van der Waals surface area contributed by atoms with E-state index in [0.29, 0.717) is 13.2 Å². The molecule has 0 N–H and O–H groups in total. The van der Waals surface area contributed by atoms with E-state index in [0.717, 1.165) is 47.7 Å². The van der Waals surface area contributed by atoms with Gasteiger partial charge in [0.1, 0.15) is 5.75 Å². The van der Waals surface area contributed by atoms with Crippen LogP contribution in [0.25, 0.3) is 0 Å². The molecule has 1 heterocycles. The number of methoxy groups -OCH3 is 1. The molecule has 0 bridgehead atoms. The molecule has 0 unspecified atom stereocenters. The highest BCUT2D eigenvalue weighted by molar-refractivity contribution is 7.99. The number of ether oxygens (including phenoxy) is 2. The fourth-order valence-electron chi connectivity index (χ4n) is 3.67. The fraction of sp³-hybridized carbons (Fsp3) is 0.480. The number of fused-ring (bicyclic) bond motifs is 1. The van der Waals surface area contributed by atoms with Crippen molar-refractivity contribution in [3.63, 3.8) is 0 Å². The SMILES string of the molecule is CCCCCO[C@H]1C(=O)N(CCN(C)C)c2ccccc2S[C@H]1c1ccc(OC)cc1. The van der Waals surface area contributed by atoms with Crippen molar-refractivity contribution in [2.24, 2.45) is 0 Å². The highest BCUT2D eigenvalue weighted by atomic mass is 32.2. The first kappa shape index (κ1) is 23.6. The van der Waals surface area contributed by atoms with E-state index in [-0.39, 0.29) is 11.2 Å². The van der Waals surface area contributed by atoms with Gasteiger partial charge in [-0.1, -0.05) is 44.0 Å². The predicted octanol–water partition coefficient (Wildman–Crippen LogP) is 5.01. The molecular weight excluding hydrogens is 408 g/mol. The molecule has 0 spiro atoms. The summed E-state index contributed by atoms with van der Waals surface area (Å²) in [7, 11) is 5.72. The number of para-hydroxylation sites is 1. The van der Waals surface area contributed by atoms with Crippen LogP contribution in [-0.4, -0.2) is 57.8 Å². The monoisotopic (exact) mass is 442 g/mol. The summed E-state index contributed by atoms with van der Waals surface area (Å²) in [4.78, 5) is 19.0. The number of anilines is 1. The Hall–Kier alpha value is -2.02. The lowest BCUT2D eigenvalue weighted by Crippen LogP contribution is -2.44. The highest BCUT2D eigenvalue weighted by Crippen LogP contribution is 2.46. The first-order valence-corrected chi connectivity index (χ1v) is 11.9. The molecule has 1 aliphatic heterocycles. The van der Waals surface area contributed by atoms with E-state index in [2.05, 4.69) is 17.9 Å². The summed E-state index contributed by atoms with van der Waals surface area (Å²) < 4.78 is 11.6. The van der Waals surface area contributed by atoms with Crippen molar-refractivity contribution >= 4 is 23.4 Å². The second-order valence-corrected chi connectivity index (χ2v) is 9.25. The molecule has 0 aromatic heterocycles. The molecule has 0 saturated heterocycles. The van der Waals surface area contributed by atoms with Gasteiger partial charge < -0.3 is 19.3 Å². The zero-order valence-electron chi connectivity index (χ0n) is 19.0. The van der Waals surface area contributed by atoms with Crippen molar-refractivity contribution in [2.45, 2.75) is 42.4 Å². The maximum Gasteiger partial charge on any atom is 0.257 e. The second-order valence-electron chi connectivity index (χ2n) is 8.07. The van der Waals surface area contributed by atoms with Crippen molar-refractivity contribution in [1.29, 1.82) is 0 Å². The van der Waals surface area contributed by atoms with Crippen LogP contribution >= 0.6 is 11.8 Å². The number of carbonyl (C=O) groups excluding carboxylic acids is 1. The Balaban J connectivity index is 1.97. The van der Waals surface area contributed by atoms with Crippen molar-refractivity contribution in [3.8, 4) is 5.75 Å². The molecule has 1 aliphatic rings. The van der Waals surface area contributed by atoms with Crippen LogP contribution in [0.5, 0.6) is 5.75 Å². The van der Waals surface area contributed by atoms with Crippen LogP contribution in [-0.2, 0) is 9.53 Å². The summed E-state index contributed by atoms with van der Waals surface area (Å²) >= 11 is 1.72. The van der Waals surface area contributed by atoms with Crippen LogP contribution in [0.4, 0.5) is 5.69 Å². The number of hydrogen-bond donors (Lipinski definition) is 0. The van der Waals surface area contributed by atoms with Crippen molar-refractivity contribution < 1.29 is 14.3 Å². The van der Waals surface area contributed by atoms with Gasteiger partial charge in [0.25, 0.3) is 5.91 Å². The number of hydrogen-bond acceptors (Lipinski definition) is 5. The largest absolute Gasteiger partial charge is 0.497 e. The Labute approximate surface area is 190 Å². The zero-order chi connectivity index (χ0) is 22.2. The molecule has 5 nitrogen and oxygen atoms in total. The molecule has 0 saturated carbocycles. The molecule has 2 aromatic rings. The van der Waals surface area contributed by atoms with Gasteiger partial charge in [0.2, 0.25) is 0 Å². The number of nitrogens with zero attached hydrogens (tertiary/aromatic N) is 2. The third kappa shape index (κ3) is 6.03. The molecule has 3 rings (SSSR count). The van der Waals surface area contributed by atoms with Crippen LogP contribution in [0.2, 0.25) is 0 Å². The van der Waals surface area contributed by atoms with Crippen LogP contribution in [0.3, 0.4) is 0 Å². The molecule has 2 atom stereocenters. The van der Waals surface area contributed by atoms with Gasteiger partial charge in [0.05, 0.1) is 18.0 Å². The molecule has 1 amide bonds. The van der Waals surface area contributed by atoms with E-state index in [1.807, 2.05) is 61.5 Å². The normalized spacial score (nSPS) is 18.7. The quantitative estimate of drug-likeness (QED) is 0.484. The van der Waals surface area contributed by atoms with Gasteiger partial charge >= 0.3 is 0 Å². The summed E-state index contributed by atoms with van der Waals surface area (Å²) in [6.45, 7) is 4.19. The Kier molecular flexibility index (Phi) is 8.81. The van der Waals surface area contributed by atoms with Crippen LogP contribution < -0.4 is 9.64 Å². The summed E-state index contributed by atoms with van der Waals surface area (Å²) in [6.07, 6.45) is 2.65. The summed E-state index contributed by atoms with van der Waals surface area (Å²) in [5.41, 5.74) is 2.04. The maximum absolute atomic E-state index is 13.8. The molecule has 0 aliphatic carbocycles. The number of unbranched alkanes of at least 4 members (excludes halogenated alkanes) is 2. The lowest BCUT2D eigenvalue weighted by molar-refractivity contribution is -0.130. The van der Waals surface area contributed by atoms with Gasteiger partial charge in [-0.15, -0.1) is 11.8 Å². The van der Waals surface area contributed by atoms with E-state index in [4.69, 9.17) is 9.47 Å². The molecular formula is C25H34N2O3S. The van der Waals surface area contributed by atoms with Gasteiger partial charge in [-0.05, 0) is 50.3 Å².